The van der Waals surface area contributed by atoms with Gasteiger partial charge in [0.25, 0.3) is 0 Å². The van der Waals surface area contributed by atoms with Gasteiger partial charge in [0.15, 0.2) is 5.78 Å². The zero-order valence-electron chi connectivity index (χ0n) is 15.2. The van der Waals surface area contributed by atoms with Gasteiger partial charge in [0.1, 0.15) is 0 Å². The smallest absolute Gasteiger partial charge is 0.229 e. The number of nitrogens with zero attached hydrogens (tertiary/aromatic N) is 1. The molecule has 0 aromatic heterocycles. The molecule has 1 heterocycles. The third-order valence-electron chi connectivity index (χ3n) is 4.76. The molecule has 1 unspecified atom stereocenters. The van der Waals surface area contributed by atoms with E-state index >= 15 is 0 Å². The van der Waals surface area contributed by atoms with Gasteiger partial charge in [-0.25, -0.2) is 0 Å². The minimum absolute atomic E-state index is 0.0199. The summed E-state index contributed by atoms with van der Waals surface area (Å²) in [5, 5.41) is 2.84. The van der Waals surface area contributed by atoms with E-state index in [1.165, 1.54) is 6.92 Å². The molecule has 0 aliphatic carbocycles. The van der Waals surface area contributed by atoms with Crippen LogP contribution in [0.1, 0.15) is 34.8 Å². The average Bonchev–Trinajstić information content (AvgIpc) is 2.97. The molecule has 26 heavy (non-hydrogen) atoms. The van der Waals surface area contributed by atoms with Gasteiger partial charge in [0.2, 0.25) is 11.8 Å². The lowest BCUT2D eigenvalue weighted by Crippen LogP contribution is -2.29. The first-order valence-corrected chi connectivity index (χ1v) is 8.65. The van der Waals surface area contributed by atoms with Crippen LogP contribution in [0.15, 0.2) is 42.5 Å². The van der Waals surface area contributed by atoms with Crippen molar-refractivity contribution < 1.29 is 14.4 Å². The highest BCUT2D eigenvalue weighted by Gasteiger charge is 2.36. The second kappa shape index (κ2) is 7.12. The number of hydrogen-bond donors (Lipinski definition) is 1. The molecule has 1 saturated heterocycles. The fourth-order valence-corrected chi connectivity index (χ4v) is 3.36. The SMILES string of the molecule is CC(=O)c1ccc(NC(=O)C2CC(=O)N(c3c(C)cccc3C)C2)cc1. The third kappa shape index (κ3) is 3.52. The zero-order chi connectivity index (χ0) is 18.8. The highest BCUT2D eigenvalue weighted by molar-refractivity contribution is 6.04. The number of amides is 2. The Morgan fingerprint density at radius 2 is 1.65 bits per heavy atom. The molecule has 1 aliphatic rings. The number of nitrogens with one attached hydrogen (secondary N) is 1. The second-order valence-electron chi connectivity index (χ2n) is 6.77. The molecule has 1 atom stereocenters. The van der Waals surface area contributed by atoms with E-state index < -0.39 is 5.92 Å². The van der Waals surface area contributed by atoms with Gasteiger partial charge < -0.3 is 10.2 Å². The summed E-state index contributed by atoms with van der Waals surface area (Å²) in [5.41, 5.74) is 4.18. The van der Waals surface area contributed by atoms with Crippen LogP contribution in [-0.4, -0.2) is 24.1 Å². The molecule has 0 spiro atoms. The molecule has 2 aromatic carbocycles. The Bertz CT molecular complexity index is 851. The number of hydrogen-bond acceptors (Lipinski definition) is 3. The van der Waals surface area contributed by atoms with Crippen molar-refractivity contribution in [1.29, 1.82) is 0 Å². The van der Waals surface area contributed by atoms with Crippen LogP contribution in [0.3, 0.4) is 0 Å². The molecular weight excluding hydrogens is 328 g/mol. The van der Waals surface area contributed by atoms with Crippen molar-refractivity contribution in [3.05, 3.63) is 59.2 Å². The molecule has 1 N–H and O–H groups in total. The van der Waals surface area contributed by atoms with E-state index in [-0.39, 0.29) is 24.0 Å². The number of carbonyl (C=O) groups excluding carboxylic acids is 3. The van der Waals surface area contributed by atoms with Gasteiger partial charge in [-0.1, -0.05) is 18.2 Å². The molecule has 134 valence electrons. The van der Waals surface area contributed by atoms with Crippen LogP contribution in [0.4, 0.5) is 11.4 Å². The highest BCUT2D eigenvalue weighted by atomic mass is 16.2. The van der Waals surface area contributed by atoms with Gasteiger partial charge >= 0.3 is 0 Å². The molecule has 2 amide bonds. The van der Waals surface area contributed by atoms with Crippen LogP contribution in [-0.2, 0) is 9.59 Å². The Morgan fingerprint density at radius 3 is 2.23 bits per heavy atom. The monoisotopic (exact) mass is 350 g/mol. The summed E-state index contributed by atoms with van der Waals surface area (Å²) in [6.45, 7) is 5.82. The van der Waals surface area contributed by atoms with Crippen molar-refractivity contribution >= 4 is 29.0 Å². The van der Waals surface area contributed by atoms with Crippen molar-refractivity contribution in [2.24, 2.45) is 5.92 Å². The first-order chi connectivity index (χ1) is 12.4. The third-order valence-corrected chi connectivity index (χ3v) is 4.76. The summed E-state index contributed by atoms with van der Waals surface area (Å²) in [6.07, 6.45) is 0.200. The van der Waals surface area contributed by atoms with E-state index in [9.17, 15) is 14.4 Å². The lowest BCUT2D eigenvalue weighted by atomic mass is 10.1. The average molecular weight is 350 g/mol. The lowest BCUT2D eigenvalue weighted by molar-refractivity contribution is -0.122. The Labute approximate surface area is 153 Å². The Morgan fingerprint density at radius 1 is 1.04 bits per heavy atom. The summed E-state index contributed by atoms with van der Waals surface area (Å²) < 4.78 is 0. The largest absolute Gasteiger partial charge is 0.326 e. The molecule has 2 aromatic rings. The highest BCUT2D eigenvalue weighted by Crippen LogP contribution is 2.31. The number of aryl methyl sites for hydroxylation is 2. The van der Waals surface area contributed by atoms with E-state index in [1.807, 2.05) is 32.0 Å². The number of carbonyl (C=O) groups is 3. The molecular formula is C21H22N2O3. The van der Waals surface area contributed by atoms with E-state index in [1.54, 1.807) is 29.2 Å². The molecule has 0 bridgehead atoms. The number of anilines is 2. The fraction of sp³-hybridized carbons (Fsp3) is 0.286. The van der Waals surface area contributed by atoms with Crippen LogP contribution in [0, 0.1) is 19.8 Å². The van der Waals surface area contributed by atoms with Crippen molar-refractivity contribution in [2.75, 3.05) is 16.8 Å². The summed E-state index contributed by atoms with van der Waals surface area (Å²) in [7, 11) is 0. The first kappa shape index (κ1) is 17.9. The summed E-state index contributed by atoms with van der Waals surface area (Å²) >= 11 is 0. The van der Waals surface area contributed by atoms with E-state index in [0.717, 1.165) is 16.8 Å². The number of benzene rings is 2. The van der Waals surface area contributed by atoms with E-state index in [2.05, 4.69) is 5.32 Å². The van der Waals surface area contributed by atoms with E-state index in [0.29, 0.717) is 17.8 Å². The molecule has 1 aliphatic heterocycles. The molecule has 0 saturated carbocycles. The van der Waals surface area contributed by atoms with Gasteiger partial charge in [0.05, 0.1) is 5.92 Å². The lowest BCUT2D eigenvalue weighted by Gasteiger charge is -2.21. The van der Waals surface area contributed by atoms with Crippen molar-refractivity contribution in [1.82, 2.24) is 0 Å². The number of rotatable bonds is 4. The van der Waals surface area contributed by atoms with Crippen LogP contribution < -0.4 is 10.2 Å². The van der Waals surface area contributed by atoms with Crippen molar-refractivity contribution in [2.45, 2.75) is 27.2 Å². The van der Waals surface area contributed by atoms with Crippen LogP contribution in [0.5, 0.6) is 0 Å². The number of para-hydroxylation sites is 1. The molecule has 3 rings (SSSR count). The Hall–Kier alpha value is -2.95. The molecule has 5 nitrogen and oxygen atoms in total. The minimum atomic E-state index is -0.394. The minimum Gasteiger partial charge on any atom is -0.326 e. The second-order valence-corrected chi connectivity index (χ2v) is 6.77. The maximum Gasteiger partial charge on any atom is 0.229 e. The zero-order valence-corrected chi connectivity index (χ0v) is 15.2. The topological polar surface area (TPSA) is 66.5 Å². The number of ketones is 1. The number of Topliss-reactive ketones (excluding diaryl/α,β-unsaturated/α-hetero) is 1. The maximum absolute atomic E-state index is 12.6. The van der Waals surface area contributed by atoms with Gasteiger partial charge in [-0.15, -0.1) is 0 Å². The summed E-state index contributed by atoms with van der Waals surface area (Å²) in [4.78, 5) is 38.1. The van der Waals surface area contributed by atoms with Gasteiger partial charge in [0, 0.05) is 29.9 Å². The maximum atomic E-state index is 12.6. The molecule has 0 radical (unpaired) electrons. The van der Waals surface area contributed by atoms with Crippen LogP contribution in [0.2, 0.25) is 0 Å². The standard InChI is InChI=1S/C21H22N2O3/c1-13-5-4-6-14(2)20(13)23-12-17(11-19(23)25)21(26)22-18-9-7-16(8-10-18)15(3)24/h4-10,17H,11-12H2,1-3H3,(H,22,26). The molecule has 1 fully saturated rings. The normalized spacial score (nSPS) is 16.7. The Kier molecular flexibility index (Phi) is 4.89. The van der Waals surface area contributed by atoms with Crippen molar-refractivity contribution in [3.63, 3.8) is 0 Å². The quantitative estimate of drug-likeness (QED) is 0.858. The van der Waals surface area contributed by atoms with Gasteiger partial charge in [-0.3, -0.25) is 14.4 Å². The van der Waals surface area contributed by atoms with E-state index in [4.69, 9.17) is 0 Å². The van der Waals surface area contributed by atoms with Crippen LogP contribution >= 0.6 is 0 Å². The predicted octanol–water partition coefficient (Wildman–Crippen LogP) is 3.50. The van der Waals surface area contributed by atoms with Crippen molar-refractivity contribution in [3.8, 4) is 0 Å². The predicted molar refractivity (Wildman–Crippen MR) is 101 cm³/mol. The van der Waals surface area contributed by atoms with Gasteiger partial charge in [-0.05, 0) is 56.2 Å². The van der Waals surface area contributed by atoms with Crippen LogP contribution in [0.25, 0.3) is 0 Å². The Balaban J connectivity index is 1.72. The first-order valence-electron chi connectivity index (χ1n) is 8.65. The fourth-order valence-electron chi connectivity index (χ4n) is 3.36. The summed E-state index contributed by atoms with van der Waals surface area (Å²) in [5.74, 6) is -0.625. The molecule has 5 heteroatoms. The van der Waals surface area contributed by atoms with Gasteiger partial charge in [-0.2, -0.15) is 0 Å². The summed E-state index contributed by atoms with van der Waals surface area (Å²) in [6, 6.07) is 12.7.